The summed E-state index contributed by atoms with van der Waals surface area (Å²) >= 11 is 0. The van der Waals surface area contributed by atoms with Crippen molar-refractivity contribution in [1.82, 2.24) is 34.6 Å². The molecule has 9 nitrogen and oxygen atoms in total. The lowest BCUT2D eigenvalue weighted by Crippen LogP contribution is -2.39. The highest BCUT2D eigenvalue weighted by Gasteiger charge is 2.23. The lowest BCUT2D eigenvalue weighted by atomic mass is 10.1. The Kier molecular flexibility index (Phi) is 12.0. The van der Waals surface area contributed by atoms with E-state index in [1.807, 2.05) is 24.3 Å². The molecule has 2 unspecified atom stereocenters. The Morgan fingerprint density at radius 1 is 0.921 bits per heavy atom. The van der Waals surface area contributed by atoms with Crippen LogP contribution >= 0.6 is 0 Å². The van der Waals surface area contributed by atoms with Gasteiger partial charge in [0.1, 0.15) is 17.7 Å². The number of aromatic nitrogens is 4. The number of hydrogen-bond acceptors (Lipinski definition) is 6. The van der Waals surface area contributed by atoms with E-state index in [0.717, 1.165) is 62.7 Å². The number of nitrogens with one attached hydrogen (secondary N) is 2. The topological polar surface area (TPSA) is 104 Å². The molecule has 1 aromatic carbocycles. The van der Waals surface area contributed by atoms with Gasteiger partial charge in [-0.3, -0.25) is 14.6 Å². The molecule has 208 valence electrons. The second-order valence-electron chi connectivity index (χ2n) is 10.2. The summed E-state index contributed by atoms with van der Waals surface area (Å²) in [5, 5.41) is 9.90. The van der Waals surface area contributed by atoms with Crippen LogP contribution in [-0.2, 0) is 24.4 Å². The summed E-state index contributed by atoms with van der Waals surface area (Å²) in [5.41, 5.74) is 2.29. The number of rotatable bonds is 18. The van der Waals surface area contributed by atoms with Gasteiger partial charge in [0.25, 0.3) is 0 Å². The molecule has 38 heavy (non-hydrogen) atoms. The number of carbonyl (C=O) groups is 1. The third-order valence-corrected chi connectivity index (χ3v) is 7.06. The van der Waals surface area contributed by atoms with Crippen molar-refractivity contribution in [3.8, 4) is 0 Å². The van der Waals surface area contributed by atoms with Crippen LogP contribution in [0.1, 0.15) is 75.3 Å². The maximum Gasteiger partial charge on any atom is 0.320 e. The fourth-order valence-electron chi connectivity index (χ4n) is 4.98. The van der Waals surface area contributed by atoms with Crippen molar-refractivity contribution < 1.29 is 9.90 Å². The second kappa shape index (κ2) is 15.4. The Morgan fingerprint density at radius 3 is 2.11 bits per heavy atom. The molecule has 0 saturated heterocycles. The molecular formula is C29H45N7O2. The summed E-state index contributed by atoms with van der Waals surface area (Å²) in [7, 11) is 1.92. The molecule has 0 aliphatic rings. The lowest BCUT2D eigenvalue weighted by Gasteiger charge is -2.28. The first-order valence-electron chi connectivity index (χ1n) is 13.9. The minimum atomic E-state index is -0.748. The molecule has 9 heteroatoms. The molecule has 3 N–H and O–H groups in total. The molecule has 0 fully saturated rings. The summed E-state index contributed by atoms with van der Waals surface area (Å²) in [6.45, 7) is 11.6. The highest BCUT2D eigenvalue weighted by molar-refractivity contribution is 5.73. The minimum absolute atomic E-state index is 0.0859. The van der Waals surface area contributed by atoms with Crippen LogP contribution in [0.4, 0.5) is 0 Å². The van der Waals surface area contributed by atoms with Crippen LogP contribution in [0.5, 0.6) is 0 Å². The number of carboxylic acid groups (broad SMARTS) is 1. The lowest BCUT2D eigenvalue weighted by molar-refractivity contribution is -0.143. The molecule has 2 heterocycles. The zero-order valence-electron chi connectivity index (χ0n) is 23.4. The van der Waals surface area contributed by atoms with Gasteiger partial charge in [-0.15, -0.1) is 0 Å². The van der Waals surface area contributed by atoms with Crippen molar-refractivity contribution >= 4 is 5.97 Å². The quantitative estimate of drug-likeness (QED) is 0.222. The van der Waals surface area contributed by atoms with E-state index < -0.39 is 12.0 Å². The Hall–Kier alpha value is -3.01. The maximum absolute atomic E-state index is 12.0. The first-order chi connectivity index (χ1) is 18.4. The van der Waals surface area contributed by atoms with Crippen LogP contribution in [-0.4, -0.2) is 78.4 Å². The van der Waals surface area contributed by atoms with Gasteiger partial charge in [-0.2, -0.15) is 0 Å². The third kappa shape index (κ3) is 9.08. The van der Waals surface area contributed by atoms with Crippen molar-refractivity contribution in [3.05, 3.63) is 71.8 Å². The Labute approximate surface area is 227 Å². The number of likely N-dealkylation sites (N-methyl/N-ethyl adjacent to an activating group) is 1. The molecule has 0 saturated carbocycles. The summed E-state index contributed by atoms with van der Waals surface area (Å²) < 4.78 is 0. The Balaban J connectivity index is 1.59. The van der Waals surface area contributed by atoms with Crippen LogP contribution in [0.25, 0.3) is 0 Å². The smallest absolute Gasteiger partial charge is 0.320 e. The van der Waals surface area contributed by atoms with E-state index in [0.29, 0.717) is 19.5 Å². The standard InChI is InChI=1S/C29H45N7O2/c1-5-17-35(18-6-2)19-7-8-26(29(37)38)34(4)20-24-9-11-25(12-10-24)21-36(22-27-30-13-14-31-27)23(3)28-32-15-16-33-28/h9-16,23,26H,5-8,17-22H2,1-4H3,(H,30,31)(H,32,33)(H,37,38). The molecule has 3 aromatic rings. The normalized spacial score (nSPS) is 13.4. The first-order valence-corrected chi connectivity index (χ1v) is 13.9. The molecule has 2 atom stereocenters. The van der Waals surface area contributed by atoms with Crippen LogP contribution < -0.4 is 0 Å². The monoisotopic (exact) mass is 523 g/mol. The van der Waals surface area contributed by atoms with Crippen LogP contribution in [0.2, 0.25) is 0 Å². The van der Waals surface area contributed by atoms with Crippen molar-refractivity contribution in [2.75, 3.05) is 26.7 Å². The van der Waals surface area contributed by atoms with E-state index in [-0.39, 0.29) is 6.04 Å². The predicted molar refractivity (Wildman–Crippen MR) is 150 cm³/mol. The van der Waals surface area contributed by atoms with Gasteiger partial charge in [0.05, 0.1) is 12.6 Å². The predicted octanol–water partition coefficient (Wildman–Crippen LogP) is 4.68. The highest BCUT2D eigenvalue weighted by atomic mass is 16.4. The number of imidazole rings is 2. The number of H-pyrrole nitrogens is 2. The van der Waals surface area contributed by atoms with E-state index in [9.17, 15) is 9.90 Å². The van der Waals surface area contributed by atoms with E-state index in [1.165, 1.54) is 5.56 Å². The van der Waals surface area contributed by atoms with E-state index in [4.69, 9.17) is 0 Å². The van der Waals surface area contributed by atoms with Crippen LogP contribution in [0.15, 0.2) is 49.1 Å². The van der Waals surface area contributed by atoms with Gasteiger partial charge in [0.2, 0.25) is 0 Å². The van der Waals surface area contributed by atoms with Gasteiger partial charge in [-0.25, -0.2) is 9.97 Å². The Morgan fingerprint density at radius 2 is 1.55 bits per heavy atom. The van der Waals surface area contributed by atoms with Crippen LogP contribution in [0, 0.1) is 0 Å². The summed E-state index contributed by atoms with van der Waals surface area (Å²) in [6, 6.07) is 8.09. The molecule has 2 aromatic heterocycles. The molecule has 0 radical (unpaired) electrons. The minimum Gasteiger partial charge on any atom is -0.480 e. The molecule has 0 aliphatic carbocycles. The molecule has 0 spiro atoms. The van der Waals surface area contributed by atoms with Crippen molar-refractivity contribution in [2.24, 2.45) is 0 Å². The van der Waals surface area contributed by atoms with Crippen molar-refractivity contribution in [3.63, 3.8) is 0 Å². The van der Waals surface area contributed by atoms with Gasteiger partial charge < -0.3 is 20.0 Å². The zero-order valence-corrected chi connectivity index (χ0v) is 23.4. The number of benzene rings is 1. The summed E-state index contributed by atoms with van der Waals surface area (Å²) in [4.78, 5) is 34.1. The van der Waals surface area contributed by atoms with Gasteiger partial charge >= 0.3 is 5.97 Å². The van der Waals surface area contributed by atoms with Gasteiger partial charge in [0.15, 0.2) is 0 Å². The van der Waals surface area contributed by atoms with E-state index in [1.54, 1.807) is 12.4 Å². The number of carboxylic acids is 1. The van der Waals surface area contributed by atoms with Gasteiger partial charge in [0, 0.05) is 37.9 Å². The molecule has 0 amide bonds. The molecule has 3 rings (SSSR count). The fourth-order valence-corrected chi connectivity index (χ4v) is 4.98. The van der Waals surface area contributed by atoms with E-state index in [2.05, 4.69) is 74.8 Å². The van der Waals surface area contributed by atoms with Crippen LogP contribution in [0.3, 0.4) is 0 Å². The molecule has 0 aliphatic heterocycles. The third-order valence-electron chi connectivity index (χ3n) is 7.06. The van der Waals surface area contributed by atoms with Gasteiger partial charge in [-0.05, 0) is 70.4 Å². The SMILES string of the molecule is CCCN(CCC)CCCC(C(=O)O)N(C)Cc1ccc(CN(Cc2ncc[nH]2)C(C)c2ncc[nH]2)cc1. The molecular weight excluding hydrogens is 478 g/mol. The number of aliphatic carboxylic acids is 1. The maximum atomic E-state index is 12.0. The fraction of sp³-hybridized carbons (Fsp3) is 0.552. The zero-order chi connectivity index (χ0) is 27.3. The number of nitrogens with zero attached hydrogens (tertiary/aromatic N) is 5. The average Bonchev–Trinajstić information content (AvgIpc) is 3.62. The molecule has 0 bridgehead atoms. The van der Waals surface area contributed by atoms with Crippen molar-refractivity contribution in [1.29, 1.82) is 0 Å². The average molecular weight is 524 g/mol. The van der Waals surface area contributed by atoms with Crippen molar-refractivity contribution in [2.45, 2.75) is 78.2 Å². The summed E-state index contributed by atoms with van der Waals surface area (Å²) in [6.07, 6.45) is 11.0. The van der Waals surface area contributed by atoms with E-state index >= 15 is 0 Å². The second-order valence-corrected chi connectivity index (χ2v) is 10.2. The first kappa shape index (κ1) is 29.5. The number of hydrogen-bond donors (Lipinski definition) is 3. The highest BCUT2D eigenvalue weighted by Crippen LogP contribution is 2.22. The Bertz CT molecular complexity index is 1030. The van der Waals surface area contributed by atoms with Gasteiger partial charge in [-0.1, -0.05) is 38.1 Å². The largest absolute Gasteiger partial charge is 0.480 e. The summed E-state index contributed by atoms with van der Waals surface area (Å²) in [5.74, 6) is 1.08. The number of aromatic amines is 2.